The number of benzene rings is 1. The van der Waals surface area contributed by atoms with Crippen LogP contribution >= 0.6 is 11.3 Å². The normalized spacial score (nSPS) is 10.8. The number of nitro groups is 1. The number of anilines is 1. The first kappa shape index (κ1) is 14.5. The third-order valence-electron chi connectivity index (χ3n) is 3.16. The zero-order valence-electron chi connectivity index (χ0n) is 11.9. The predicted octanol–water partition coefficient (Wildman–Crippen LogP) is 4.38. The Kier molecular flexibility index (Phi) is 4.39. The quantitative estimate of drug-likeness (QED) is 0.606. The van der Waals surface area contributed by atoms with E-state index in [4.69, 9.17) is 0 Å². The van der Waals surface area contributed by atoms with Gasteiger partial charge in [0.2, 0.25) is 0 Å². The van der Waals surface area contributed by atoms with Gasteiger partial charge in [0.05, 0.1) is 4.92 Å². The second kappa shape index (κ2) is 6.05. The fourth-order valence-corrected chi connectivity index (χ4v) is 2.77. The van der Waals surface area contributed by atoms with E-state index in [0.717, 1.165) is 11.3 Å². The maximum absolute atomic E-state index is 10.7. The summed E-state index contributed by atoms with van der Waals surface area (Å²) in [7, 11) is 0. The maximum atomic E-state index is 10.7. The third kappa shape index (κ3) is 3.36. The molecule has 0 unspecified atom stereocenters. The second-order valence-corrected chi connectivity index (χ2v) is 6.00. The van der Waals surface area contributed by atoms with Crippen molar-refractivity contribution in [2.75, 3.05) is 4.90 Å². The molecule has 0 atom stereocenters. The molecular weight excluding hydrogens is 272 g/mol. The molecule has 0 saturated carbocycles. The molecule has 5 heteroatoms. The summed E-state index contributed by atoms with van der Waals surface area (Å²) in [6.45, 7) is 7.00. The average Bonchev–Trinajstić information content (AvgIpc) is 2.86. The Morgan fingerprint density at radius 2 is 1.95 bits per heavy atom. The summed E-state index contributed by atoms with van der Waals surface area (Å²) < 4.78 is 0. The molecule has 1 heterocycles. The highest BCUT2D eigenvalue weighted by molar-refractivity contribution is 7.13. The van der Waals surface area contributed by atoms with Gasteiger partial charge < -0.3 is 4.90 Å². The van der Waals surface area contributed by atoms with Crippen molar-refractivity contribution >= 4 is 22.0 Å². The summed E-state index contributed by atoms with van der Waals surface area (Å²) in [5.74, 6) is 0. The summed E-state index contributed by atoms with van der Waals surface area (Å²) in [6.07, 6.45) is 0. The molecule has 0 aliphatic rings. The van der Waals surface area contributed by atoms with Crippen molar-refractivity contribution in [3.8, 4) is 0 Å². The van der Waals surface area contributed by atoms with Crippen molar-refractivity contribution in [2.45, 2.75) is 33.4 Å². The minimum atomic E-state index is -0.334. The lowest BCUT2D eigenvalue weighted by atomic mass is 10.1. The molecule has 0 bridgehead atoms. The fraction of sp³-hybridized carbons (Fsp3) is 0.333. The van der Waals surface area contributed by atoms with Crippen molar-refractivity contribution in [3.05, 3.63) is 57.0 Å². The van der Waals surface area contributed by atoms with Gasteiger partial charge in [0.15, 0.2) is 0 Å². The van der Waals surface area contributed by atoms with Gasteiger partial charge in [-0.3, -0.25) is 10.1 Å². The number of hydrogen-bond acceptors (Lipinski definition) is 4. The highest BCUT2D eigenvalue weighted by atomic mass is 32.1. The molecule has 0 spiro atoms. The van der Waals surface area contributed by atoms with Gasteiger partial charge in [-0.15, -0.1) is 0 Å². The molecule has 0 amide bonds. The van der Waals surface area contributed by atoms with E-state index in [9.17, 15) is 10.1 Å². The van der Waals surface area contributed by atoms with E-state index >= 15 is 0 Å². The monoisotopic (exact) mass is 290 g/mol. The highest BCUT2D eigenvalue weighted by Crippen LogP contribution is 2.26. The van der Waals surface area contributed by atoms with Gasteiger partial charge in [-0.05, 0) is 38.5 Å². The molecule has 106 valence electrons. The minimum Gasteiger partial charge on any atom is -0.365 e. The van der Waals surface area contributed by atoms with E-state index in [1.807, 2.05) is 5.38 Å². The summed E-state index contributed by atoms with van der Waals surface area (Å²) in [5.41, 5.74) is 3.35. The van der Waals surface area contributed by atoms with Crippen LogP contribution in [0.25, 0.3) is 0 Å². The Morgan fingerprint density at radius 1 is 1.30 bits per heavy atom. The van der Waals surface area contributed by atoms with Gasteiger partial charge in [0, 0.05) is 29.7 Å². The predicted molar refractivity (Wildman–Crippen MR) is 83.5 cm³/mol. The molecule has 1 aromatic heterocycles. The van der Waals surface area contributed by atoms with Gasteiger partial charge in [-0.2, -0.15) is 0 Å². The van der Waals surface area contributed by atoms with E-state index in [2.05, 4.69) is 49.9 Å². The van der Waals surface area contributed by atoms with E-state index < -0.39 is 0 Å². The average molecular weight is 290 g/mol. The smallest absolute Gasteiger partial charge is 0.324 e. The molecule has 0 fully saturated rings. The molecule has 4 nitrogen and oxygen atoms in total. The summed E-state index contributed by atoms with van der Waals surface area (Å²) in [4.78, 5) is 12.7. The summed E-state index contributed by atoms with van der Waals surface area (Å²) in [5, 5.41) is 12.8. The number of nitrogens with zero attached hydrogens (tertiary/aromatic N) is 2. The van der Waals surface area contributed by atoms with Crippen molar-refractivity contribution in [1.82, 2.24) is 0 Å². The second-order valence-electron chi connectivity index (χ2n) is 5.11. The summed E-state index contributed by atoms with van der Waals surface area (Å²) >= 11 is 1.18. The van der Waals surface area contributed by atoms with E-state index in [1.165, 1.54) is 16.9 Å². The molecule has 0 aliphatic carbocycles. The van der Waals surface area contributed by atoms with Crippen molar-refractivity contribution in [2.24, 2.45) is 0 Å². The van der Waals surface area contributed by atoms with Crippen molar-refractivity contribution < 1.29 is 4.92 Å². The number of thiophene rings is 1. The van der Waals surface area contributed by atoms with Gasteiger partial charge in [-0.25, -0.2) is 0 Å². The lowest BCUT2D eigenvalue weighted by molar-refractivity contribution is -0.380. The molecule has 0 radical (unpaired) electrons. The van der Waals surface area contributed by atoms with Gasteiger partial charge in [-0.1, -0.05) is 29.0 Å². The highest BCUT2D eigenvalue weighted by Gasteiger charge is 2.15. The first-order valence-corrected chi connectivity index (χ1v) is 7.40. The molecule has 20 heavy (non-hydrogen) atoms. The van der Waals surface area contributed by atoms with Crippen LogP contribution in [-0.2, 0) is 6.54 Å². The Balaban J connectivity index is 2.20. The van der Waals surface area contributed by atoms with Crippen LogP contribution in [0.15, 0.2) is 35.7 Å². The van der Waals surface area contributed by atoms with Crippen LogP contribution in [0, 0.1) is 17.0 Å². The lowest BCUT2D eigenvalue weighted by Crippen LogP contribution is -2.29. The van der Waals surface area contributed by atoms with Crippen LogP contribution < -0.4 is 4.90 Å². The van der Waals surface area contributed by atoms with Crippen LogP contribution in [-0.4, -0.2) is 11.0 Å². The molecular formula is C15H18N2O2S. The molecule has 1 aromatic carbocycles. The zero-order valence-corrected chi connectivity index (χ0v) is 12.7. The maximum Gasteiger partial charge on any atom is 0.324 e. The van der Waals surface area contributed by atoms with E-state index in [-0.39, 0.29) is 9.92 Å². The van der Waals surface area contributed by atoms with Crippen LogP contribution in [0.4, 0.5) is 10.7 Å². The van der Waals surface area contributed by atoms with Crippen LogP contribution in [0.3, 0.4) is 0 Å². The number of aryl methyl sites for hydroxylation is 1. The Bertz CT molecular complexity index is 590. The lowest BCUT2D eigenvalue weighted by Gasteiger charge is -2.28. The Hall–Kier alpha value is -1.88. The molecule has 0 N–H and O–H groups in total. The fourth-order valence-electron chi connectivity index (χ4n) is 2.05. The SMILES string of the molecule is Cc1ccc(N(Cc2csc([N+](=O)[O-])c2)C(C)C)cc1. The standard InChI is InChI=1S/C15H18N2O2S/c1-11(2)16(14-6-4-12(3)5-7-14)9-13-8-15(17(18)19)20-10-13/h4-8,10-11H,9H2,1-3H3. The Morgan fingerprint density at radius 3 is 2.45 bits per heavy atom. The van der Waals surface area contributed by atoms with Crippen molar-refractivity contribution in [1.29, 1.82) is 0 Å². The van der Waals surface area contributed by atoms with Crippen LogP contribution in [0.5, 0.6) is 0 Å². The molecule has 0 aliphatic heterocycles. The third-order valence-corrected chi connectivity index (χ3v) is 4.09. The first-order valence-electron chi connectivity index (χ1n) is 6.52. The topological polar surface area (TPSA) is 46.4 Å². The number of rotatable bonds is 5. The van der Waals surface area contributed by atoms with Gasteiger partial charge in [0.1, 0.15) is 0 Å². The van der Waals surface area contributed by atoms with Gasteiger partial charge >= 0.3 is 5.00 Å². The molecule has 0 saturated heterocycles. The summed E-state index contributed by atoms with van der Waals surface area (Å²) in [6, 6.07) is 10.3. The van der Waals surface area contributed by atoms with Crippen molar-refractivity contribution in [3.63, 3.8) is 0 Å². The minimum absolute atomic E-state index is 0.201. The van der Waals surface area contributed by atoms with Crippen LogP contribution in [0.1, 0.15) is 25.0 Å². The van der Waals surface area contributed by atoms with E-state index in [1.54, 1.807) is 6.07 Å². The number of hydrogen-bond donors (Lipinski definition) is 0. The van der Waals surface area contributed by atoms with Gasteiger partial charge in [0.25, 0.3) is 0 Å². The zero-order chi connectivity index (χ0) is 14.7. The largest absolute Gasteiger partial charge is 0.365 e. The first-order chi connectivity index (χ1) is 9.47. The molecule has 2 aromatic rings. The van der Waals surface area contributed by atoms with E-state index in [0.29, 0.717) is 12.6 Å². The Labute approximate surface area is 122 Å². The molecule has 2 rings (SSSR count). The van der Waals surface area contributed by atoms with Crippen LogP contribution in [0.2, 0.25) is 0 Å².